The third kappa shape index (κ3) is 3.56. The normalized spacial score (nSPS) is 17.6. The molecule has 174 valence electrons. The van der Waals surface area contributed by atoms with Gasteiger partial charge in [0.1, 0.15) is 21.8 Å². The summed E-state index contributed by atoms with van der Waals surface area (Å²) in [7, 11) is 1.61. The van der Waals surface area contributed by atoms with E-state index in [-0.39, 0.29) is 11.8 Å². The maximum absolute atomic E-state index is 13.8. The number of rotatable bonds is 6. The van der Waals surface area contributed by atoms with Crippen LogP contribution < -0.4 is 15.0 Å². The summed E-state index contributed by atoms with van der Waals surface area (Å²) in [5.74, 6) is 0.330. The predicted molar refractivity (Wildman–Crippen MR) is 136 cm³/mol. The van der Waals surface area contributed by atoms with Crippen molar-refractivity contribution in [1.82, 2.24) is 9.88 Å². The average Bonchev–Trinajstić information content (AvgIpc) is 3.45. The number of thiophene rings is 1. The zero-order valence-electron chi connectivity index (χ0n) is 19.5. The largest absolute Gasteiger partial charge is 0.496 e. The zero-order chi connectivity index (χ0) is 23.9. The smallest absolute Gasteiger partial charge is 0.275 e. The minimum absolute atomic E-state index is 0.172. The van der Waals surface area contributed by atoms with Crippen LogP contribution in [-0.4, -0.2) is 29.0 Å². The van der Waals surface area contributed by atoms with Crippen molar-refractivity contribution in [3.8, 4) is 5.75 Å². The molecule has 1 aliphatic rings. The van der Waals surface area contributed by atoms with E-state index in [4.69, 9.17) is 4.74 Å². The second-order valence-corrected chi connectivity index (χ2v) is 9.62. The molecule has 1 aliphatic heterocycles. The zero-order valence-corrected chi connectivity index (χ0v) is 20.3. The fourth-order valence-electron chi connectivity index (χ4n) is 4.70. The van der Waals surface area contributed by atoms with E-state index in [1.54, 1.807) is 23.3 Å². The van der Waals surface area contributed by atoms with E-state index >= 15 is 0 Å². The van der Waals surface area contributed by atoms with Gasteiger partial charge < -0.3 is 14.6 Å². The second-order valence-electron chi connectivity index (χ2n) is 8.73. The Kier molecular flexibility index (Phi) is 5.65. The SMILES string of the molecule is CCc1ccc(N2C(=O)c3cc4ccsc4n3CC2(C)C(=O)NCc2ccccc2OC)cc1. The monoisotopic (exact) mass is 473 g/mol. The van der Waals surface area contributed by atoms with E-state index in [2.05, 4.69) is 12.2 Å². The Balaban J connectivity index is 1.55. The van der Waals surface area contributed by atoms with Crippen molar-refractivity contribution in [2.75, 3.05) is 12.0 Å². The number of methoxy groups -OCH3 is 1. The lowest BCUT2D eigenvalue weighted by atomic mass is 9.93. The Bertz CT molecular complexity index is 1370. The van der Waals surface area contributed by atoms with Gasteiger partial charge in [0.15, 0.2) is 0 Å². The van der Waals surface area contributed by atoms with E-state index in [0.717, 1.165) is 22.2 Å². The number of ether oxygens (including phenoxy) is 1. The summed E-state index contributed by atoms with van der Waals surface area (Å²) in [5, 5.41) is 6.10. The van der Waals surface area contributed by atoms with Crippen LogP contribution in [-0.2, 0) is 24.3 Å². The summed E-state index contributed by atoms with van der Waals surface area (Å²) >= 11 is 1.58. The van der Waals surface area contributed by atoms with Crippen LogP contribution in [0.1, 0.15) is 35.5 Å². The van der Waals surface area contributed by atoms with Crippen molar-refractivity contribution >= 4 is 39.1 Å². The first-order chi connectivity index (χ1) is 16.5. The summed E-state index contributed by atoms with van der Waals surface area (Å²) in [6.45, 7) is 4.61. The number of hydrogen-bond donors (Lipinski definition) is 1. The fourth-order valence-corrected chi connectivity index (χ4v) is 5.59. The Hall–Kier alpha value is -3.58. The Morgan fingerprint density at radius 3 is 2.65 bits per heavy atom. The highest BCUT2D eigenvalue weighted by Crippen LogP contribution is 2.37. The molecule has 0 saturated heterocycles. The van der Waals surface area contributed by atoms with Gasteiger partial charge in [-0.1, -0.05) is 37.3 Å². The van der Waals surface area contributed by atoms with Crippen LogP contribution in [0.4, 0.5) is 5.69 Å². The van der Waals surface area contributed by atoms with Gasteiger partial charge in [-0.25, -0.2) is 0 Å². The Labute approximate surface area is 202 Å². The molecule has 2 aromatic heterocycles. The Morgan fingerprint density at radius 2 is 1.91 bits per heavy atom. The first kappa shape index (κ1) is 22.2. The number of benzene rings is 2. The fraction of sp³-hybridized carbons (Fsp3) is 0.259. The molecule has 0 radical (unpaired) electrons. The van der Waals surface area contributed by atoms with Gasteiger partial charge >= 0.3 is 0 Å². The highest BCUT2D eigenvalue weighted by atomic mass is 32.1. The first-order valence-corrected chi connectivity index (χ1v) is 12.2. The van der Waals surface area contributed by atoms with Crippen LogP contribution in [0, 0.1) is 0 Å². The number of nitrogens with zero attached hydrogens (tertiary/aromatic N) is 2. The van der Waals surface area contributed by atoms with Crippen molar-refractivity contribution in [2.45, 2.75) is 38.9 Å². The minimum atomic E-state index is -1.12. The molecule has 1 atom stereocenters. The number of carbonyl (C=O) groups excluding carboxylic acids is 2. The van der Waals surface area contributed by atoms with E-state index < -0.39 is 5.54 Å². The third-order valence-corrected chi connectivity index (χ3v) is 7.56. The molecular weight excluding hydrogens is 446 g/mol. The van der Waals surface area contributed by atoms with E-state index in [1.807, 2.05) is 77.5 Å². The molecule has 3 heterocycles. The van der Waals surface area contributed by atoms with Crippen LogP contribution in [0.5, 0.6) is 5.75 Å². The van der Waals surface area contributed by atoms with Crippen LogP contribution >= 0.6 is 11.3 Å². The highest BCUT2D eigenvalue weighted by Gasteiger charge is 2.48. The summed E-state index contributed by atoms with van der Waals surface area (Å²) in [6.07, 6.45) is 0.907. The minimum Gasteiger partial charge on any atom is -0.496 e. The Morgan fingerprint density at radius 1 is 1.15 bits per heavy atom. The van der Waals surface area contributed by atoms with Gasteiger partial charge in [0, 0.05) is 23.2 Å². The van der Waals surface area contributed by atoms with Gasteiger partial charge in [-0.15, -0.1) is 11.3 Å². The quantitative estimate of drug-likeness (QED) is 0.428. The first-order valence-electron chi connectivity index (χ1n) is 11.4. The standard InChI is InChI=1S/C27H27N3O3S/c1-4-18-9-11-21(12-10-18)30-24(31)22-15-19-13-14-34-25(19)29(22)17-27(30,2)26(32)28-16-20-7-5-6-8-23(20)33-3/h5-15H,4,16-17H2,1-3H3,(H,28,32). The van der Waals surface area contributed by atoms with E-state index in [1.165, 1.54) is 5.56 Å². The number of anilines is 1. The highest BCUT2D eigenvalue weighted by molar-refractivity contribution is 7.16. The lowest BCUT2D eigenvalue weighted by Crippen LogP contribution is -2.64. The molecule has 1 unspecified atom stereocenters. The number of carbonyl (C=O) groups is 2. The molecule has 6 nitrogen and oxygen atoms in total. The number of hydrogen-bond acceptors (Lipinski definition) is 4. The molecule has 2 amide bonds. The number of amides is 2. The number of aryl methyl sites for hydroxylation is 1. The van der Waals surface area contributed by atoms with Crippen molar-refractivity contribution in [3.05, 3.63) is 82.9 Å². The predicted octanol–water partition coefficient (Wildman–Crippen LogP) is 5.01. The van der Waals surface area contributed by atoms with Crippen LogP contribution in [0.25, 0.3) is 10.2 Å². The number of para-hydroxylation sites is 1. The molecule has 7 heteroatoms. The number of nitrogens with one attached hydrogen (secondary N) is 1. The van der Waals surface area contributed by atoms with Crippen molar-refractivity contribution in [1.29, 1.82) is 0 Å². The molecule has 0 saturated carbocycles. The summed E-state index contributed by atoms with van der Waals surface area (Å²) in [4.78, 5) is 30.3. The van der Waals surface area contributed by atoms with Crippen molar-refractivity contribution < 1.29 is 14.3 Å². The lowest BCUT2D eigenvalue weighted by molar-refractivity contribution is -0.126. The van der Waals surface area contributed by atoms with Crippen LogP contribution in [0.15, 0.2) is 66.0 Å². The van der Waals surface area contributed by atoms with Gasteiger partial charge in [-0.3, -0.25) is 14.5 Å². The van der Waals surface area contributed by atoms with Gasteiger partial charge in [0.2, 0.25) is 5.91 Å². The maximum Gasteiger partial charge on any atom is 0.275 e. The van der Waals surface area contributed by atoms with Crippen LogP contribution in [0.3, 0.4) is 0 Å². The molecular formula is C27H27N3O3S. The van der Waals surface area contributed by atoms with Gasteiger partial charge in [-0.05, 0) is 54.6 Å². The summed E-state index contributed by atoms with van der Waals surface area (Å²) in [6, 6.07) is 19.4. The molecule has 0 aliphatic carbocycles. The molecule has 34 heavy (non-hydrogen) atoms. The van der Waals surface area contributed by atoms with E-state index in [9.17, 15) is 9.59 Å². The van der Waals surface area contributed by atoms with Crippen molar-refractivity contribution in [3.63, 3.8) is 0 Å². The molecule has 1 N–H and O–H groups in total. The number of aromatic nitrogens is 1. The molecule has 0 bridgehead atoms. The maximum atomic E-state index is 13.8. The summed E-state index contributed by atoms with van der Waals surface area (Å²) in [5.41, 5.74) is 2.27. The molecule has 4 aromatic rings. The molecule has 0 fully saturated rings. The molecule has 0 spiro atoms. The van der Waals surface area contributed by atoms with Gasteiger partial charge in [0.25, 0.3) is 5.91 Å². The number of fused-ring (bicyclic) bond motifs is 3. The average molecular weight is 474 g/mol. The van der Waals surface area contributed by atoms with E-state index in [0.29, 0.717) is 30.2 Å². The van der Waals surface area contributed by atoms with Crippen LogP contribution in [0.2, 0.25) is 0 Å². The topological polar surface area (TPSA) is 63.6 Å². The second kappa shape index (κ2) is 8.65. The third-order valence-electron chi connectivity index (χ3n) is 6.61. The van der Waals surface area contributed by atoms with Gasteiger partial charge in [-0.2, -0.15) is 0 Å². The van der Waals surface area contributed by atoms with Crippen molar-refractivity contribution in [2.24, 2.45) is 0 Å². The summed E-state index contributed by atoms with van der Waals surface area (Å²) < 4.78 is 7.42. The lowest BCUT2D eigenvalue weighted by Gasteiger charge is -2.44. The molecule has 2 aromatic carbocycles. The van der Waals surface area contributed by atoms with Gasteiger partial charge in [0.05, 0.1) is 13.7 Å². The molecule has 5 rings (SSSR count).